The van der Waals surface area contributed by atoms with Gasteiger partial charge < -0.3 is 4.74 Å². The van der Waals surface area contributed by atoms with E-state index in [-0.39, 0.29) is 6.61 Å². The Morgan fingerprint density at radius 3 is 2.86 bits per heavy atom. The molecule has 1 aromatic rings. The summed E-state index contributed by atoms with van der Waals surface area (Å²) in [5.41, 5.74) is 0.757. The zero-order valence-electron chi connectivity index (χ0n) is 8.25. The average molecular weight is 305 g/mol. The van der Waals surface area contributed by atoms with Crippen LogP contribution >= 0.6 is 22.6 Å². The Morgan fingerprint density at radius 1 is 1.43 bits per heavy atom. The van der Waals surface area contributed by atoms with E-state index in [2.05, 4.69) is 29.5 Å². The van der Waals surface area contributed by atoms with Crippen molar-refractivity contribution in [2.45, 2.75) is 26.4 Å². The zero-order valence-corrected chi connectivity index (χ0v) is 10.4. The molecule has 0 aliphatic heterocycles. The van der Waals surface area contributed by atoms with Gasteiger partial charge in [-0.05, 0) is 35.1 Å². The van der Waals surface area contributed by atoms with Crippen molar-refractivity contribution in [2.24, 2.45) is 0 Å². The van der Waals surface area contributed by atoms with Crippen LogP contribution in [0.4, 0.5) is 0 Å². The van der Waals surface area contributed by atoms with Crippen molar-refractivity contribution in [3.8, 4) is 5.75 Å². The van der Waals surface area contributed by atoms with Gasteiger partial charge in [-0.3, -0.25) is 0 Å². The largest absolute Gasteiger partial charge is 0.492 e. The highest BCUT2D eigenvalue weighted by Gasteiger charge is 2.06. The molecule has 2 nitrogen and oxygen atoms in total. The first-order chi connectivity index (χ1) is 6.79. The van der Waals surface area contributed by atoms with E-state index in [4.69, 9.17) is 4.74 Å². The molecule has 0 aromatic heterocycles. The molecule has 0 saturated heterocycles. The van der Waals surface area contributed by atoms with E-state index in [0.717, 1.165) is 27.7 Å². The standard InChI is InChI=1S/C11H14IO2/c1-2-3-7-14-11-9(8-13)5-4-6-10(11)12/h4-6H,2-3,7-8H2,1H3. The first kappa shape index (κ1) is 11.8. The van der Waals surface area contributed by atoms with Crippen LogP contribution in [0.15, 0.2) is 18.2 Å². The minimum atomic E-state index is -0.210. The first-order valence-corrected chi connectivity index (χ1v) is 5.85. The van der Waals surface area contributed by atoms with E-state index in [1.807, 2.05) is 18.2 Å². The van der Waals surface area contributed by atoms with Crippen LogP contribution < -0.4 is 4.74 Å². The molecular weight excluding hydrogens is 291 g/mol. The number of hydrogen-bond acceptors (Lipinski definition) is 1. The maximum absolute atomic E-state index is 10.9. The second-order valence-electron chi connectivity index (χ2n) is 3.07. The molecule has 1 aromatic carbocycles. The summed E-state index contributed by atoms with van der Waals surface area (Å²) in [6.45, 7) is 2.61. The van der Waals surface area contributed by atoms with Crippen LogP contribution in [-0.4, -0.2) is 6.61 Å². The number of unbranched alkanes of at least 4 members (excludes halogenated alkanes) is 1. The van der Waals surface area contributed by atoms with E-state index in [1.165, 1.54) is 0 Å². The minimum absolute atomic E-state index is 0.210. The van der Waals surface area contributed by atoms with Crippen molar-refractivity contribution in [3.05, 3.63) is 27.3 Å². The molecule has 0 bridgehead atoms. The average Bonchev–Trinajstić information content (AvgIpc) is 2.20. The van der Waals surface area contributed by atoms with Gasteiger partial charge in [-0.1, -0.05) is 25.5 Å². The number of hydrogen-bond donors (Lipinski definition) is 0. The van der Waals surface area contributed by atoms with Gasteiger partial charge in [-0.2, -0.15) is 0 Å². The molecule has 0 atom stereocenters. The maximum atomic E-state index is 10.9. The number of benzene rings is 1. The molecule has 0 aliphatic rings. The molecule has 3 heteroatoms. The molecule has 0 N–H and O–H groups in total. The van der Waals surface area contributed by atoms with Crippen molar-refractivity contribution in [1.82, 2.24) is 0 Å². The lowest BCUT2D eigenvalue weighted by atomic mass is 10.2. The molecule has 77 valence electrons. The summed E-state index contributed by atoms with van der Waals surface area (Å²) in [6, 6.07) is 5.68. The van der Waals surface area contributed by atoms with Gasteiger partial charge in [0.1, 0.15) is 12.4 Å². The van der Waals surface area contributed by atoms with Gasteiger partial charge in [-0.25, -0.2) is 5.11 Å². The number of ether oxygens (including phenoxy) is 1. The highest BCUT2D eigenvalue weighted by atomic mass is 127. The third kappa shape index (κ3) is 3.13. The smallest absolute Gasteiger partial charge is 0.138 e. The zero-order chi connectivity index (χ0) is 10.4. The van der Waals surface area contributed by atoms with Crippen molar-refractivity contribution >= 4 is 22.6 Å². The van der Waals surface area contributed by atoms with E-state index < -0.39 is 0 Å². The molecule has 0 amide bonds. The SMILES string of the molecule is CCCCOc1c(I)cccc1C[O]. The molecule has 0 fully saturated rings. The lowest BCUT2D eigenvalue weighted by Gasteiger charge is -2.10. The summed E-state index contributed by atoms with van der Waals surface area (Å²) >= 11 is 2.20. The molecule has 0 spiro atoms. The van der Waals surface area contributed by atoms with Crippen LogP contribution in [0, 0.1) is 3.57 Å². The predicted octanol–water partition coefficient (Wildman–Crippen LogP) is 3.40. The maximum Gasteiger partial charge on any atom is 0.138 e. The Kier molecular flexibility index (Phi) is 5.25. The van der Waals surface area contributed by atoms with Gasteiger partial charge in [0.2, 0.25) is 0 Å². The van der Waals surface area contributed by atoms with E-state index in [1.54, 1.807) is 0 Å². The predicted molar refractivity (Wildman–Crippen MR) is 64.0 cm³/mol. The molecule has 0 unspecified atom stereocenters. The van der Waals surface area contributed by atoms with Crippen LogP contribution in [0.3, 0.4) is 0 Å². The van der Waals surface area contributed by atoms with Crippen LogP contribution in [0.1, 0.15) is 25.3 Å². The fraction of sp³-hybridized carbons (Fsp3) is 0.455. The van der Waals surface area contributed by atoms with Crippen molar-refractivity contribution in [1.29, 1.82) is 0 Å². The van der Waals surface area contributed by atoms with Crippen molar-refractivity contribution < 1.29 is 9.84 Å². The van der Waals surface area contributed by atoms with Crippen molar-refractivity contribution in [2.75, 3.05) is 6.61 Å². The van der Waals surface area contributed by atoms with Crippen LogP contribution in [0.25, 0.3) is 0 Å². The number of rotatable bonds is 5. The summed E-state index contributed by atoms with van der Waals surface area (Å²) in [5.74, 6) is 0.775. The molecule has 1 radical (unpaired) electrons. The Balaban J connectivity index is 2.72. The number of halogens is 1. The Morgan fingerprint density at radius 2 is 2.21 bits per heavy atom. The van der Waals surface area contributed by atoms with Crippen LogP contribution in [0.2, 0.25) is 0 Å². The highest BCUT2D eigenvalue weighted by Crippen LogP contribution is 2.25. The Hall–Kier alpha value is -0.290. The molecule has 0 heterocycles. The fourth-order valence-electron chi connectivity index (χ4n) is 1.15. The highest BCUT2D eigenvalue weighted by molar-refractivity contribution is 14.1. The van der Waals surface area contributed by atoms with Gasteiger partial charge in [0, 0.05) is 5.56 Å². The van der Waals surface area contributed by atoms with Gasteiger partial charge >= 0.3 is 0 Å². The fourth-order valence-corrected chi connectivity index (χ4v) is 1.86. The second-order valence-corrected chi connectivity index (χ2v) is 4.24. The normalized spacial score (nSPS) is 10.2. The summed E-state index contributed by atoms with van der Waals surface area (Å²) in [5, 5.41) is 10.9. The monoisotopic (exact) mass is 305 g/mol. The summed E-state index contributed by atoms with van der Waals surface area (Å²) in [4.78, 5) is 0. The minimum Gasteiger partial charge on any atom is -0.492 e. The van der Waals surface area contributed by atoms with Gasteiger partial charge in [0.05, 0.1) is 10.2 Å². The summed E-state index contributed by atoms with van der Waals surface area (Å²) in [6.07, 6.45) is 2.14. The topological polar surface area (TPSA) is 29.1 Å². The lowest BCUT2D eigenvalue weighted by Crippen LogP contribution is -2.01. The summed E-state index contributed by atoms with van der Waals surface area (Å²) in [7, 11) is 0. The van der Waals surface area contributed by atoms with Gasteiger partial charge in [0.15, 0.2) is 0 Å². The quantitative estimate of drug-likeness (QED) is 0.605. The molecule has 14 heavy (non-hydrogen) atoms. The van der Waals surface area contributed by atoms with Crippen LogP contribution in [-0.2, 0) is 11.7 Å². The third-order valence-electron chi connectivity index (χ3n) is 1.95. The molecule has 0 aliphatic carbocycles. The lowest BCUT2D eigenvalue weighted by molar-refractivity contribution is 0.172. The van der Waals surface area contributed by atoms with E-state index in [9.17, 15) is 5.11 Å². The van der Waals surface area contributed by atoms with E-state index >= 15 is 0 Å². The van der Waals surface area contributed by atoms with Crippen LogP contribution in [0.5, 0.6) is 5.75 Å². The third-order valence-corrected chi connectivity index (χ3v) is 2.80. The first-order valence-electron chi connectivity index (χ1n) is 4.78. The Labute approximate surface area is 98.4 Å². The Bertz CT molecular complexity index is 287. The summed E-state index contributed by atoms with van der Waals surface area (Å²) < 4.78 is 6.61. The van der Waals surface area contributed by atoms with Crippen molar-refractivity contribution in [3.63, 3.8) is 0 Å². The number of para-hydroxylation sites is 1. The molecule has 0 saturated carbocycles. The second kappa shape index (κ2) is 6.24. The van der Waals surface area contributed by atoms with Gasteiger partial charge in [-0.15, -0.1) is 0 Å². The molecular formula is C11H14IO2. The van der Waals surface area contributed by atoms with Gasteiger partial charge in [0.25, 0.3) is 0 Å². The molecule has 1 rings (SSSR count). The van der Waals surface area contributed by atoms with E-state index in [0.29, 0.717) is 6.61 Å².